The van der Waals surface area contributed by atoms with Gasteiger partial charge in [-0.3, -0.25) is 0 Å². The van der Waals surface area contributed by atoms with Gasteiger partial charge in [0.25, 0.3) is 0 Å². The van der Waals surface area contributed by atoms with Crippen LogP contribution in [0.15, 0.2) is 54.6 Å². The molecule has 3 aromatic rings. The molecule has 0 radical (unpaired) electrons. The van der Waals surface area contributed by atoms with Crippen LogP contribution >= 0.6 is 0 Å². The van der Waals surface area contributed by atoms with Crippen molar-refractivity contribution in [2.45, 2.75) is 46.5 Å². The van der Waals surface area contributed by atoms with Crippen molar-refractivity contribution < 1.29 is 0 Å². The molecule has 0 bridgehead atoms. The van der Waals surface area contributed by atoms with Gasteiger partial charge in [-0.05, 0) is 64.3 Å². The summed E-state index contributed by atoms with van der Waals surface area (Å²) in [5.74, 6) is 0. The van der Waals surface area contributed by atoms with Crippen LogP contribution in [0.25, 0.3) is 10.8 Å². The summed E-state index contributed by atoms with van der Waals surface area (Å²) in [6.45, 7) is 6.69. The van der Waals surface area contributed by atoms with Crippen LogP contribution in [-0.2, 0) is 25.7 Å². The van der Waals surface area contributed by atoms with Gasteiger partial charge in [0.15, 0.2) is 0 Å². The van der Waals surface area contributed by atoms with Gasteiger partial charge in [-0.1, -0.05) is 75.4 Å². The smallest absolute Gasteiger partial charge is 0.00228 e. The largest absolute Gasteiger partial charge is 0.0613 e. The molecule has 118 valence electrons. The van der Waals surface area contributed by atoms with Crippen LogP contribution < -0.4 is 0 Å². The molecule has 23 heavy (non-hydrogen) atoms. The maximum absolute atomic E-state index is 2.38. The molecule has 0 aliphatic carbocycles. The normalized spacial score (nSPS) is 11.1. The van der Waals surface area contributed by atoms with E-state index >= 15 is 0 Å². The molecule has 0 amide bonds. The van der Waals surface area contributed by atoms with Crippen LogP contribution in [-0.4, -0.2) is 0 Å². The lowest BCUT2D eigenvalue weighted by atomic mass is 9.94. The maximum atomic E-state index is 2.38. The zero-order valence-corrected chi connectivity index (χ0v) is 14.5. The van der Waals surface area contributed by atoms with Gasteiger partial charge in [0, 0.05) is 0 Å². The Labute approximate surface area is 140 Å². The van der Waals surface area contributed by atoms with E-state index in [2.05, 4.69) is 75.4 Å². The number of benzene rings is 3. The molecule has 0 aromatic heterocycles. The summed E-state index contributed by atoms with van der Waals surface area (Å²) in [7, 11) is 0. The zero-order valence-electron chi connectivity index (χ0n) is 14.5. The molecule has 3 aromatic carbocycles. The molecule has 0 nitrogen and oxygen atoms in total. The van der Waals surface area contributed by atoms with Crippen LogP contribution in [0.4, 0.5) is 0 Å². The second-order valence-electron chi connectivity index (χ2n) is 6.36. The molecule has 0 N–H and O–H groups in total. The number of hydrogen-bond acceptors (Lipinski definition) is 0. The molecule has 0 aliphatic heterocycles. The van der Waals surface area contributed by atoms with Crippen molar-refractivity contribution in [2.75, 3.05) is 0 Å². The van der Waals surface area contributed by atoms with E-state index in [1.54, 1.807) is 0 Å². The second kappa shape index (κ2) is 7.00. The fourth-order valence-electron chi connectivity index (χ4n) is 3.30. The monoisotopic (exact) mass is 302 g/mol. The van der Waals surface area contributed by atoms with E-state index in [1.165, 1.54) is 38.6 Å². The fraction of sp³-hybridized carbons (Fsp3) is 0.304. The number of fused-ring (bicyclic) bond motifs is 1. The first kappa shape index (κ1) is 15.8. The Morgan fingerprint density at radius 1 is 0.522 bits per heavy atom. The Morgan fingerprint density at radius 2 is 1.09 bits per heavy atom. The van der Waals surface area contributed by atoms with Gasteiger partial charge in [-0.15, -0.1) is 0 Å². The summed E-state index contributed by atoms with van der Waals surface area (Å²) in [5, 5.41) is 2.70. The zero-order chi connectivity index (χ0) is 16.2. The molecule has 0 saturated carbocycles. The van der Waals surface area contributed by atoms with Crippen molar-refractivity contribution in [3.05, 3.63) is 82.4 Å². The molecule has 3 rings (SSSR count). The Balaban J connectivity index is 1.92. The van der Waals surface area contributed by atoms with Crippen molar-refractivity contribution in [3.8, 4) is 0 Å². The van der Waals surface area contributed by atoms with Crippen LogP contribution in [0.5, 0.6) is 0 Å². The molecule has 0 heterocycles. The topological polar surface area (TPSA) is 0 Å². The molecule has 0 atom stereocenters. The van der Waals surface area contributed by atoms with E-state index in [-0.39, 0.29) is 0 Å². The summed E-state index contributed by atoms with van der Waals surface area (Å²) in [6.07, 6.45) is 4.35. The van der Waals surface area contributed by atoms with Crippen molar-refractivity contribution in [3.63, 3.8) is 0 Å². The van der Waals surface area contributed by atoms with Gasteiger partial charge in [0.2, 0.25) is 0 Å². The SMILES string of the molecule is CCc1ccc(Cc2ccc3cc(CC)ccc3c2)c(CC)c1. The third-order valence-electron chi connectivity index (χ3n) is 4.83. The summed E-state index contributed by atoms with van der Waals surface area (Å²) in [6, 6.07) is 20.7. The van der Waals surface area contributed by atoms with E-state index in [0.717, 1.165) is 25.7 Å². The van der Waals surface area contributed by atoms with Crippen LogP contribution in [0.2, 0.25) is 0 Å². The summed E-state index contributed by atoms with van der Waals surface area (Å²) >= 11 is 0. The van der Waals surface area contributed by atoms with E-state index in [0.29, 0.717) is 0 Å². The molecule has 0 fully saturated rings. The van der Waals surface area contributed by atoms with Crippen molar-refractivity contribution in [1.82, 2.24) is 0 Å². The van der Waals surface area contributed by atoms with Gasteiger partial charge in [0.1, 0.15) is 0 Å². The molecule has 0 unspecified atom stereocenters. The molecule has 0 spiro atoms. The standard InChI is InChI=1S/C23H26/c1-4-17-7-10-21(20(6-3)13-17)15-19-9-12-22-14-18(5-2)8-11-23(22)16-19/h7-14,16H,4-6,15H2,1-3H3. The predicted octanol–water partition coefficient (Wildman–Crippen LogP) is 6.12. The number of rotatable bonds is 5. The van der Waals surface area contributed by atoms with Crippen LogP contribution in [0.1, 0.15) is 48.6 Å². The Hall–Kier alpha value is -2.08. The van der Waals surface area contributed by atoms with E-state index in [1.807, 2.05) is 0 Å². The van der Waals surface area contributed by atoms with Gasteiger partial charge >= 0.3 is 0 Å². The van der Waals surface area contributed by atoms with E-state index in [4.69, 9.17) is 0 Å². The van der Waals surface area contributed by atoms with Gasteiger partial charge in [-0.25, -0.2) is 0 Å². The minimum absolute atomic E-state index is 1.03. The van der Waals surface area contributed by atoms with Crippen LogP contribution in [0, 0.1) is 0 Å². The third-order valence-corrected chi connectivity index (χ3v) is 4.83. The first-order valence-corrected chi connectivity index (χ1v) is 8.85. The molecule has 0 saturated heterocycles. The van der Waals surface area contributed by atoms with Crippen molar-refractivity contribution >= 4 is 10.8 Å². The van der Waals surface area contributed by atoms with Crippen molar-refractivity contribution in [2.24, 2.45) is 0 Å². The fourth-order valence-corrected chi connectivity index (χ4v) is 3.30. The number of aryl methyl sites for hydroxylation is 3. The van der Waals surface area contributed by atoms with Gasteiger partial charge in [-0.2, -0.15) is 0 Å². The first-order valence-electron chi connectivity index (χ1n) is 8.85. The Morgan fingerprint density at radius 3 is 1.74 bits per heavy atom. The molecular weight excluding hydrogens is 276 g/mol. The Bertz CT molecular complexity index is 811. The highest BCUT2D eigenvalue weighted by atomic mass is 14.1. The van der Waals surface area contributed by atoms with Gasteiger partial charge in [0.05, 0.1) is 0 Å². The summed E-state index contributed by atoms with van der Waals surface area (Å²) < 4.78 is 0. The average Bonchev–Trinajstić information content (AvgIpc) is 2.61. The summed E-state index contributed by atoms with van der Waals surface area (Å²) in [5.41, 5.74) is 7.21. The highest BCUT2D eigenvalue weighted by Crippen LogP contribution is 2.22. The van der Waals surface area contributed by atoms with E-state index < -0.39 is 0 Å². The second-order valence-corrected chi connectivity index (χ2v) is 6.36. The Kier molecular flexibility index (Phi) is 4.81. The van der Waals surface area contributed by atoms with Gasteiger partial charge < -0.3 is 0 Å². The lowest BCUT2D eigenvalue weighted by Gasteiger charge is -2.11. The lowest BCUT2D eigenvalue weighted by Crippen LogP contribution is -1.96. The predicted molar refractivity (Wildman–Crippen MR) is 101 cm³/mol. The molecule has 0 aliphatic rings. The molecular formula is C23H26. The van der Waals surface area contributed by atoms with E-state index in [9.17, 15) is 0 Å². The first-order chi connectivity index (χ1) is 11.2. The lowest BCUT2D eigenvalue weighted by molar-refractivity contribution is 1.03. The minimum Gasteiger partial charge on any atom is -0.0613 e. The third kappa shape index (κ3) is 3.47. The minimum atomic E-state index is 1.03. The highest BCUT2D eigenvalue weighted by molar-refractivity contribution is 5.84. The summed E-state index contributed by atoms with van der Waals surface area (Å²) in [4.78, 5) is 0. The van der Waals surface area contributed by atoms with Crippen LogP contribution in [0.3, 0.4) is 0 Å². The number of hydrogen-bond donors (Lipinski definition) is 0. The quantitative estimate of drug-likeness (QED) is 0.533. The molecule has 0 heteroatoms. The average molecular weight is 302 g/mol. The van der Waals surface area contributed by atoms with Crippen molar-refractivity contribution in [1.29, 1.82) is 0 Å². The highest BCUT2D eigenvalue weighted by Gasteiger charge is 2.05. The maximum Gasteiger partial charge on any atom is -0.00228 e.